The Morgan fingerprint density at radius 3 is 3.00 bits per heavy atom. The standard InChI is InChI=1S/C16H26N2O2/c1-3-8-17-13-7-9-18-14(10-13)12-20-16-6-4-5-15(11-16)19-2/h7,9-10,15-16H,3-6,8,11-12H2,1-2H3,(H,17,18). The number of ether oxygens (including phenoxy) is 2. The number of methoxy groups -OCH3 is 1. The largest absolute Gasteiger partial charge is 0.385 e. The minimum atomic E-state index is 0.308. The van der Waals surface area contributed by atoms with Gasteiger partial charge in [-0.1, -0.05) is 6.92 Å². The van der Waals surface area contributed by atoms with Gasteiger partial charge in [0, 0.05) is 25.5 Å². The molecule has 1 saturated carbocycles. The third kappa shape index (κ3) is 4.76. The van der Waals surface area contributed by atoms with Crippen LogP contribution in [-0.2, 0) is 16.1 Å². The average molecular weight is 278 g/mol. The highest BCUT2D eigenvalue weighted by molar-refractivity contribution is 5.42. The Morgan fingerprint density at radius 1 is 1.35 bits per heavy atom. The van der Waals surface area contributed by atoms with Gasteiger partial charge in [0.15, 0.2) is 0 Å². The summed E-state index contributed by atoms with van der Waals surface area (Å²) >= 11 is 0. The van der Waals surface area contributed by atoms with Gasteiger partial charge in [0.1, 0.15) is 0 Å². The number of nitrogens with zero attached hydrogens (tertiary/aromatic N) is 1. The van der Waals surface area contributed by atoms with Crippen LogP contribution in [0.25, 0.3) is 0 Å². The Kier molecular flexibility index (Phi) is 6.27. The number of nitrogens with one attached hydrogen (secondary N) is 1. The molecule has 2 unspecified atom stereocenters. The van der Waals surface area contributed by atoms with Gasteiger partial charge in [-0.05, 0) is 44.2 Å². The van der Waals surface area contributed by atoms with E-state index in [4.69, 9.17) is 9.47 Å². The Hall–Kier alpha value is -1.13. The fourth-order valence-corrected chi connectivity index (χ4v) is 2.61. The first-order valence-electron chi connectivity index (χ1n) is 7.65. The molecule has 4 nitrogen and oxygen atoms in total. The molecule has 1 heterocycles. The minimum Gasteiger partial charge on any atom is -0.385 e. The lowest BCUT2D eigenvalue weighted by Gasteiger charge is -2.28. The number of rotatable bonds is 7. The molecule has 1 fully saturated rings. The van der Waals surface area contributed by atoms with Crippen molar-refractivity contribution in [3.63, 3.8) is 0 Å². The van der Waals surface area contributed by atoms with Crippen LogP contribution in [0.15, 0.2) is 18.3 Å². The number of pyridine rings is 1. The molecule has 1 aromatic rings. The van der Waals surface area contributed by atoms with Crippen LogP contribution in [0, 0.1) is 0 Å². The highest BCUT2D eigenvalue weighted by atomic mass is 16.5. The molecule has 0 aliphatic heterocycles. The first-order chi connectivity index (χ1) is 9.81. The van der Waals surface area contributed by atoms with Gasteiger partial charge in [0.2, 0.25) is 0 Å². The molecule has 20 heavy (non-hydrogen) atoms. The SMILES string of the molecule is CCCNc1ccnc(COC2CCCC(OC)C2)c1. The summed E-state index contributed by atoms with van der Waals surface area (Å²) in [6.07, 6.45) is 8.11. The zero-order chi connectivity index (χ0) is 14.2. The van der Waals surface area contributed by atoms with Crippen LogP contribution in [0.2, 0.25) is 0 Å². The van der Waals surface area contributed by atoms with Gasteiger partial charge < -0.3 is 14.8 Å². The Morgan fingerprint density at radius 2 is 2.20 bits per heavy atom. The molecule has 0 radical (unpaired) electrons. The van der Waals surface area contributed by atoms with Crippen molar-refractivity contribution in [3.8, 4) is 0 Å². The second-order valence-corrected chi connectivity index (χ2v) is 5.42. The normalized spacial score (nSPS) is 22.7. The first kappa shape index (κ1) is 15.3. The summed E-state index contributed by atoms with van der Waals surface area (Å²) in [6.45, 7) is 3.73. The van der Waals surface area contributed by atoms with Crippen LogP contribution in [0.5, 0.6) is 0 Å². The van der Waals surface area contributed by atoms with Gasteiger partial charge in [-0.25, -0.2) is 0 Å². The quantitative estimate of drug-likeness (QED) is 0.830. The van der Waals surface area contributed by atoms with Crippen LogP contribution < -0.4 is 5.32 Å². The summed E-state index contributed by atoms with van der Waals surface area (Å²) in [6, 6.07) is 4.08. The number of aromatic nitrogens is 1. The molecule has 2 atom stereocenters. The minimum absolute atomic E-state index is 0.308. The lowest BCUT2D eigenvalue weighted by molar-refractivity contribution is -0.0371. The van der Waals surface area contributed by atoms with Crippen molar-refractivity contribution in [3.05, 3.63) is 24.0 Å². The highest BCUT2D eigenvalue weighted by Crippen LogP contribution is 2.24. The number of hydrogen-bond acceptors (Lipinski definition) is 4. The average Bonchev–Trinajstić information content (AvgIpc) is 2.51. The van der Waals surface area contributed by atoms with E-state index < -0.39 is 0 Å². The Labute approximate surface area is 121 Å². The smallest absolute Gasteiger partial charge is 0.0892 e. The first-order valence-corrected chi connectivity index (χ1v) is 7.65. The predicted octanol–water partition coefficient (Wildman–Crippen LogP) is 3.38. The van der Waals surface area contributed by atoms with Crippen LogP contribution in [-0.4, -0.2) is 30.8 Å². The summed E-state index contributed by atoms with van der Waals surface area (Å²) in [5, 5.41) is 3.37. The summed E-state index contributed by atoms with van der Waals surface area (Å²) in [5.41, 5.74) is 2.12. The molecular weight excluding hydrogens is 252 g/mol. The van der Waals surface area contributed by atoms with Crippen molar-refractivity contribution in [1.82, 2.24) is 4.98 Å². The molecule has 1 aliphatic carbocycles. The Bertz CT molecular complexity index is 398. The molecule has 112 valence electrons. The van der Waals surface area contributed by atoms with Crippen molar-refractivity contribution in [2.45, 2.75) is 57.8 Å². The second-order valence-electron chi connectivity index (χ2n) is 5.42. The summed E-state index contributed by atoms with van der Waals surface area (Å²) in [4.78, 5) is 4.37. The van der Waals surface area contributed by atoms with Gasteiger partial charge >= 0.3 is 0 Å². The van der Waals surface area contributed by atoms with E-state index in [1.54, 1.807) is 7.11 Å². The zero-order valence-electron chi connectivity index (χ0n) is 12.6. The highest BCUT2D eigenvalue weighted by Gasteiger charge is 2.22. The van der Waals surface area contributed by atoms with E-state index in [0.717, 1.165) is 43.6 Å². The van der Waals surface area contributed by atoms with Crippen molar-refractivity contribution < 1.29 is 9.47 Å². The van der Waals surface area contributed by atoms with Gasteiger partial charge in [0.05, 0.1) is 24.5 Å². The van der Waals surface area contributed by atoms with Crippen LogP contribution in [0.1, 0.15) is 44.7 Å². The van der Waals surface area contributed by atoms with E-state index in [-0.39, 0.29) is 0 Å². The lowest BCUT2D eigenvalue weighted by atomic mass is 9.95. The molecule has 0 saturated heterocycles. The van der Waals surface area contributed by atoms with Crippen LogP contribution in [0.4, 0.5) is 5.69 Å². The van der Waals surface area contributed by atoms with Crippen molar-refractivity contribution in [1.29, 1.82) is 0 Å². The van der Waals surface area contributed by atoms with Gasteiger partial charge in [-0.3, -0.25) is 4.98 Å². The Balaban J connectivity index is 1.81. The van der Waals surface area contributed by atoms with Crippen LogP contribution >= 0.6 is 0 Å². The summed E-state index contributed by atoms with van der Waals surface area (Å²) in [7, 11) is 1.79. The molecule has 4 heteroatoms. The fraction of sp³-hybridized carbons (Fsp3) is 0.688. The van der Waals surface area contributed by atoms with E-state index in [2.05, 4.69) is 23.3 Å². The molecular formula is C16H26N2O2. The summed E-state index contributed by atoms with van der Waals surface area (Å²) < 4.78 is 11.4. The maximum absolute atomic E-state index is 5.99. The molecule has 0 aromatic carbocycles. The molecule has 1 aliphatic rings. The third-order valence-corrected chi connectivity index (χ3v) is 3.77. The molecule has 0 bridgehead atoms. The van der Waals surface area contributed by atoms with Gasteiger partial charge in [-0.2, -0.15) is 0 Å². The maximum atomic E-state index is 5.99. The lowest BCUT2D eigenvalue weighted by Crippen LogP contribution is -2.27. The van der Waals surface area contributed by atoms with E-state index in [0.29, 0.717) is 18.8 Å². The summed E-state index contributed by atoms with van der Waals surface area (Å²) in [5.74, 6) is 0. The molecule has 1 N–H and O–H groups in total. The van der Waals surface area contributed by atoms with E-state index in [1.165, 1.54) is 6.42 Å². The number of anilines is 1. The monoisotopic (exact) mass is 278 g/mol. The van der Waals surface area contributed by atoms with Crippen molar-refractivity contribution in [2.24, 2.45) is 0 Å². The topological polar surface area (TPSA) is 43.4 Å². The fourth-order valence-electron chi connectivity index (χ4n) is 2.61. The maximum Gasteiger partial charge on any atom is 0.0892 e. The second kappa shape index (κ2) is 8.22. The van der Waals surface area contributed by atoms with E-state index in [9.17, 15) is 0 Å². The van der Waals surface area contributed by atoms with Crippen molar-refractivity contribution >= 4 is 5.69 Å². The van der Waals surface area contributed by atoms with Gasteiger partial charge in [-0.15, -0.1) is 0 Å². The van der Waals surface area contributed by atoms with Crippen LogP contribution in [0.3, 0.4) is 0 Å². The molecule has 1 aromatic heterocycles. The van der Waals surface area contributed by atoms with Crippen molar-refractivity contribution in [2.75, 3.05) is 19.0 Å². The third-order valence-electron chi connectivity index (χ3n) is 3.77. The van der Waals surface area contributed by atoms with E-state index >= 15 is 0 Å². The molecule has 0 spiro atoms. The molecule has 2 rings (SSSR count). The zero-order valence-corrected chi connectivity index (χ0v) is 12.6. The van der Waals surface area contributed by atoms with E-state index in [1.807, 2.05) is 12.3 Å². The molecule has 0 amide bonds. The predicted molar refractivity (Wildman–Crippen MR) is 80.9 cm³/mol. The number of hydrogen-bond donors (Lipinski definition) is 1. The van der Waals surface area contributed by atoms with Gasteiger partial charge in [0.25, 0.3) is 0 Å².